The number of aromatic nitrogens is 2. The van der Waals surface area contributed by atoms with Crippen molar-refractivity contribution in [2.45, 2.75) is 36.2 Å². The van der Waals surface area contributed by atoms with E-state index in [4.69, 9.17) is 0 Å². The molecule has 2 heterocycles. The summed E-state index contributed by atoms with van der Waals surface area (Å²) in [7, 11) is 1.97. The number of amides is 1. The number of benzene rings is 1. The molecule has 1 amide bonds. The number of hydrogen-bond acceptors (Lipinski definition) is 4. The molecule has 25 heavy (non-hydrogen) atoms. The van der Waals surface area contributed by atoms with Gasteiger partial charge in [-0.25, -0.2) is 4.98 Å². The molecule has 1 aliphatic rings. The van der Waals surface area contributed by atoms with Gasteiger partial charge in [-0.05, 0) is 61.7 Å². The van der Waals surface area contributed by atoms with E-state index in [2.05, 4.69) is 22.5 Å². The first-order valence-corrected chi connectivity index (χ1v) is 9.70. The summed E-state index contributed by atoms with van der Waals surface area (Å²) in [5, 5.41) is 7.43. The van der Waals surface area contributed by atoms with Crippen LogP contribution in [-0.2, 0) is 11.8 Å². The van der Waals surface area contributed by atoms with Gasteiger partial charge in [-0.2, -0.15) is 0 Å². The van der Waals surface area contributed by atoms with Crippen molar-refractivity contribution < 1.29 is 4.79 Å². The summed E-state index contributed by atoms with van der Waals surface area (Å²) in [6.45, 7) is 4.32. The molecule has 0 spiro atoms. The quantitative estimate of drug-likeness (QED) is 0.829. The van der Waals surface area contributed by atoms with Gasteiger partial charge in [0, 0.05) is 30.8 Å². The fraction of sp³-hybridized carbons (Fsp3) is 0.474. The van der Waals surface area contributed by atoms with E-state index < -0.39 is 0 Å². The van der Waals surface area contributed by atoms with Crippen LogP contribution in [0.3, 0.4) is 0 Å². The van der Waals surface area contributed by atoms with Gasteiger partial charge in [-0.15, -0.1) is 0 Å². The van der Waals surface area contributed by atoms with E-state index in [-0.39, 0.29) is 5.91 Å². The Morgan fingerprint density at radius 3 is 3.04 bits per heavy atom. The first-order valence-electron chi connectivity index (χ1n) is 8.88. The summed E-state index contributed by atoms with van der Waals surface area (Å²) < 4.78 is 1.97. The van der Waals surface area contributed by atoms with Crippen molar-refractivity contribution in [3.8, 4) is 0 Å². The molecule has 0 saturated carbocycles. The molecule has 1 aliphatic heterocycles. The van der Waals surface area contributed by atoms with E-state index in [0.717, 1.165) is 28.8 Å². The van der Waals surface area contributed by atoms with Crippen molar-refractivity contribution in [2.75, 3.05) is 18.4 Å². The zero-order valence-corrected chi connectivity index (χ0v) is 15.7. The zero-order valence-electron chi connectivity index (χ0n) is 14.9. The van der Waals surface area contributed by atoms with Gasteiger partial charge in [0.1, 0.15) is 0 Å². The van der Waals surface area contributed by atoms with Gasteiger partial charge < -0.3 is 15.2 Å². The van der Waals surface area contributed by atoms with E-state index in [1.54, 1.807) is 18.0 Å². The molecule has 2 atom stereocenters. The molecule has 1 fully saturated rings. The minimum Gasteiger partial charge on any atom is -0.329 e. The molecular formula is C19H26N4OS. The molecule has 6 heteroatoms. The average molecular weight is 359 g/mol. The summed E-state index contributed by atoms with van der Waals surface area (Å²) in [5.74, 6) is 1.07. The maximum atomic E-state index is 12.5. The number of rotatable bonds is 6. The van der Waals surface area contributed by atoms with Crippen LogP contribution in [0.25, 0.3) is 0 Å². The summed E-state index contributed by atoms with van der Waals surface area (Å²) in [5.41, 5.74) is 0.856. The van der Waals surface area contributed by atoms with Crippen molar-refractivity contribution in [3.63, 3.8) is 0 Å². The number of nitrogens with one attached hydrogen (secondary N) is 2. The molecular weight excluding hydrogens is 332 g/mol. The highest BCUT2D eigenvalue weighted by molar-refractivity contribution is 7.99. The maximum Gasteiger partial charge on any atom is 0.224 e. The third-order valence-electron chi connectivity index (χ3n) is 4.79. The molecule has 1 aromatic heterocycles. The molecule has 134 valence electrons. The number of piperidine rings is 1. The smallest absolute Gasteiger partial charge is 0.224 e. The van der Waals surface area contributed by atoms with Gasteiger partial charge >= 0.3 is 0 Å². The average Bonchev–Trinajstić information content (AvgIpc) is 3.02. The van der Waals surface area contributed by atoms with E-state index in [9.17, 15) is 4.79 Å². The Morgan fingerprint density at radius 1 is 1.48 bits per heavy atom. The number of imidazole rings is 1. The highest BCUT2D eigenvalue weighted by atomic mass is 32.2. The summed E-state index contributed by atoms with van der Waals surface area (Å²) in [6, 6.07) is 7.91. The largest absolute Gasteiger partial charge is 0.329 e. The normalized spacial score (nSPS) is 18.7. The molecule has 0 radical (unpaired) electrons. The van der Waals surface area contributed by atoms with Crippen LogP contribution < -0.4 is 10.6 Å². The SMILES string of the molecule is CC(CC(=O)Nc1ccccc1Sc1nccn1C)C1CCCNC1. The second-order valence-corrected chi connectivity index (χ2v) is 7.76. The van der Waals surface area contributed by atoms with E-state index in [0.29, 0.717) is 18.3 Å². The summed E-state index contributed by atoms with van der Waals surface area (Å²) in [6.07, 6.45) is 6.69. The lowest BCUT2D eigenvalue weighted by atomic mass is 9.85. The van der Waals surface area contributed by atoms with Crippen molar-refractivity contribution in [1.29, 1.82) is 0 Å². The lowest BCUT2D eigenvalue weighted by Crippen LogP contribution is -2.34. The molecule has 1 saturated heterocycles. The third kappa shape index (κ3) is 4.86. The summed E-state index contributed by atoms with van der Waals surface area (Å²) >= 11 is 1.56. The molecule has 2 unspecified atom stereocenters. The second-order valence-electron chi connectivity index (χ2n) is 6.75. The molecule has 2 N–H and O–H groups in total. The zero-order chi connectivity index (χ0) is 17.6. The van der Waals surface area contributed by atoms with Gasteiger partial charge in [-0.1, -0.05) is 19.1 Å². The molecule has 2 aromatic rings. The fourth-order valence-electron chi connectivity index (χ4n) is 3.23. The number of carbonyl (C=O) groups is 1. The van der Waals surface area contributed by atoms with Gasteiger partial charge in [0.15, 0.2) is 5.16 Å². The third-order valence-corrected chi connectivity index (χ3v) is 5.94. The first-order chi connectivity index (χ1) is 12.1. The van der Waals surface area contributed by atoms with Crippen LogP contribution in [0.5, 0.6) is 0 Å². The number of aryl methyl sites for hydroxylation is 1. The Labute approximate surface area is 153 Å². The van der Waals surface area contributed by atoms with Gasteiger partial charge in [0.05, 0.1) is 5.69 Å². The van der Waals surface area contributed by atoms with Crippen LogP contribution >= 0.6 is 11.8 Å². The number of nitrogens with zero attached hydrogens (tertiary/aromatic N) is 2. The van der Waals surface area contributed by atoms with Crippen LogP contribution in [0.2, 0.25) is 0 Å². The number of anilines is 1. The number of para-hydroxylation sites is 1. The van der Waals surface area contributed by atoms with Gasteiger partial charge in [-0.3, -0.25) is 4.79 Å². The lowest BCUT2D eigenvalue weighted by Gasteiger charge is -2.28. The van der Waals surface area contributed by atoms with Crippen LogP contribution in [0.1, 0.15) is 26.2 Å². The van der Waals surface area contributed by atoms with Crippen LogP contribution in [-0.4, -0.2) is 28.5 Å². The first kappa shape index (κ1) is 18.0. The maximum absolute atomic E-state index is 12.5. The van der Waals surface area contributed by atoms with E-state index >= 15 is 0 Å². The van der Waals surface area contributed by atoms with E-state index in [1.807, 2.05) is 42.1 Å². The highest BCUT2D eigenvalue weighted by Crippen LogP contribution is 2.32. The molecule has 1 aromatic carbocycles. The molecule has 0 aliphatic carbocycles. The van der Waals surface area contributed by atoms with Crippen LogP contribution in [0.4, 0.5) is 5.69 Å². The highest BCUT2D eigenvalue weighted by Gasteiger charge is 2.22. The minimum absolute atomic E-state index is 0.0889. The Bertz CT molecular complexity index is 709. The second kappa shape index (κ2) is 8.54. The fourth-order valence-corrected chi connectivity index (χ4v) is 4.12. The Balaban J connectivity index is 1.62. The van der Waals surface area contributed by atoms with Gasteiger partial charge in [0.2, 0.25) is 5.91 Å². The Morgan fingerprint density at radius 2 is 2.32 bits per heavy atom. The molecule has 3 rings (SSSR count). The van der Waals surface area contributed by atoms with Crippen molar-refractivity contribution in [1.82, 2.24) is 14.9 Å². The molecule has 5 nitrogen and oxygen atoms in total. The van der Waals surface area contributed by atoms with Crippen molar-refractivity contribution in [3.05, 3.63) is 36.7 Å². The molecule has 0 bridgehead atoms. The monoisotopic (exact) mass is 358 g/mol. The van der Waals surface area contributed by atoms with Gasteiger partial charge in [0.25, 0.3) is 0 Å². The van der Waals surface area contributed by atoms with Crippen molar-refractivity contribution in [2.24, 2.45) is 18.9 Å². The minimum atomic E-state index is 0.0889. The van der Waals surface area contributed by atoms with Crippen LogP contribution in [0.15, 0.2) is 46.7 Å². The Hall–Kier alpha value is -1.79. The standard InChI is InChI=1S/C19H26N4OS/c1-14(15-6-5-9-20-13-15)12-18(24)22-16-7-3-4-8-17(16)25-19-21-10-11-23(19)2/h3-4,7-8,10-11,14-15,20H,5-6,9,12-13H2,1-2H3,(H,22,24). The Kier molecular flexibility index (Phi) is 6.15. The number of hydrogen-bond donors (Lipinski definition) is 2. The van der Waals surface area contributed by atoms with Crippen molar-refractivity contribution >= 4 is 23.4 Å². The topological polar surface area (TPSA) is 59.0 Å². The lowest BCUT2D eigenvalue weighted by molar-refractivity contribution is -0.117. The predicted octanol–water partition coefficient (Wildman–Crippen LogP) is 3.54. The predicted molar refractivity (Wildman–Crippen MR) is 102 cm³/mol. The van der Waals surface area contributed by atoms with Crippen LogP contribution in [0, 0.1) is 11.8 Å². The van der Waals surface area contributed by atoms with E-state index in [1.165, 1.54) is 12.8 Å². The number of carbonyl (C=O) groups excluding carboxylic acids is 1. The summed E-state index contributed by atoms with van der Waals surface area (Å²) in [4.78, 5) is 17.9.